The fourth-order valence-corrected chi connectivity index (χ4v) is 10.5. The van der Waals surface area contributed by atoms with Crippen LogP contribution in [0, 0.1) is 17.8 Å². The van der Waals surface area contributed by atoms with Crippen molar-refractivity contribution in [1.82, 2.24) is 19.7 Å². The predicted octanol–water partition coefficient (Wildman–Crippen LogP) is 7.09. The van der Waals surface area contributed by atoms with Gasteiger partial charge in [-0.1, -0.05) is 32.0 Å². The third-order valence-electron chi connectivity index (χ3n) is 13.2. The van der Waals surface area contributed by atoms with Gasteiger partial charge in [0.15, 0.2) is 20.4 Å². The molecule has 3 aliphatic heterocycles. The highest BCUT2D eigenvalue weighted by Crippen LogP contribution is 2.42. The van der Waals surface area contributed by atoms with E-state index < -0.39 is 65.3 Å². The summed E-state index contributed by atoms with van der Waals surface area (Å²) in [6.07, 6.45) is 1.71. The number of esters is 1. The quantitative estimate of drug-likeness (QED) is 0.0436. The number of fused-ring (bicyclic) bond motifs is 1. The van der Waals surface area contributed by atoms with Gasteiger partial charge in [0.25, 0.3) is 0 Å². The predicted molar refractivity (Wildman–Crippen MR) is 228 cm³/mol. The van der Waals surface area contributed by atoms with Crippen LogP contribution >= 0.6 is 8.46 Å². The molecule has 4 unspecified atom stereocenters. The maximum Gasteiger partial charge on any atom is 0.410 e. The molecule has 0 aliphatic carbocycles. The van der Waals surface area contributed by atoms with Gasteiger partial charge in [0, 0.05) is 68.5 Å². The second-order valence-corrected chi connectivity index (χ2v) is 18.8. The first-order valence-electron chi connectivity index (χ1n) is 21.6. The molecule has 1 amide bonds. The summed E-state index contributed by atoms with van der Waals surface area (Å²) in [5, 5.41) is 3.66. The molecule has 4 heterocycles. The zero-order valence-corrected chi connectivity index (χ0v) is 38.6. The maximum absolute atomic E-state index is 14.6. The third kappa shape index (κ3) is 12.0. The fourth-order valence-electron chi connectivity index (χ4n) is 9.71. The summed E-state index contributed by atoms with van der Waals surface area (Å²) >= 11 is 0. The number of pyridine rings is 1. The lowest BCUT2D eigenvalue weighted by Crippen LogP contribution is -2.61. The van der Waals surface area contributed by atoms with Crippen molar-refractivity contribution in [2.45, 2.75) is 159 Å². The summed E-state index contributed by atoms with van der Waals surface area (Å²) in [7, 11) is 7.48. The van der Waals surface area contributed by atoms with Crippen molar-refractivity contribution >= 4 is 26.3 Å². The first kappa shape index (κ1) is 49.4. The van der Waals surface area contributed by atoms with E-state index >= 15 is 0 Å². The topological polar surface area (TPSA) is 186 Å². The molecule has 16 nitrogen and oxygen atoms in total. The van der Waals surface area contributed by atoms with Gasteiger partial charge in [-0.05, 0) is 117 Å². The van der Waals surface area contributed by atoms with Crippen LogP contribution in [0.15, 0.2) is 29.5 Å². The summed E-state index contributed by atoms with van der Waals surface area (Å²) in [6, 6.07) is 4.61. The van der Waals surface area contributed by atoms with Crippen molar-refractivity contribution in [3.8, 4) is 0 Å². The van der Waals surface area contributed by atoms with Gasteiger partial charge in [-0.15, -0.1) is 0 Å². The average Bonchev–Trinajstić information content (AvgIpc) is 3.46. The number of cyclic esters (lactones) is 1. The number of hydrogen-bond donors (Lipinski definition) is 0. The van der Waals surface area contributed by atoms with Crippen LogP contribution in [0.4, 0.5) is 4.79 Å². The number of ether oxygens (including phenoxy) is 5. The molecule has 3 fully saturated rings. The lowest BCUT2D eigenvalue weighted by atomic mass is 9.78. The van der Waals surface area contributed by atoms with Crippen molar-refractivity contribution in [2.75, 3.05) is 47.9 Å². The highest BCUT2D eigenvalue weighted by atomic mass is 31.1. The second-order valence-electron chi connectivity index (χ2n) is 18.0. The molecule has 0 radical (unpaired) electrons. The zero-order chi connectivity index (χ0) is 44.4. The lowest BCUT2D eigenvalue weighted by molar-refractivity contribution is -0.255. The molecule has 0 N–H and O–H groups in total. The molecule has 1 aromatic heterocycles. The Hall–Kier alpha value is -3.23. The van der Waals surface area contributed by atoms with Crippen molar-refractivity contribution in [3.63, 3.8) is 0 Å². The van der Waals surface area contributed by atoms with Crippen molar-refractivity contribution in [3.05, 3.63) is 40.5 Å². The van der Waals surface area contributed by atoms with Crippen LogP contribution in [-0.4, -0.2) is 145 Å². The summed E-state index contributed by atoms with van der Waals surface area (Å²) in [6.45, 7) is 15.0. The number of ketones is 1. The summed E-state index contributed by atoms with van der Waals surface area (Å²) in [5.74, 6) is -1.97. The van der Waals surface area contributed by atoms with E-state index in [1.165, 1.54) is 0 Å². The number of likely N-dealkylation sites (N-methyl/N-ethyl adjacent to an activating group) is 1. The molecule has 1 aromatic rings. The first-order chi connectivity index (χ1) is 28.4. The van der Waals surface area contributed by atoms with E-state index in [2.05, 4.69) is 38.7 Å². The summed E-state index contributed by atoms with van der Waals surface area (Å²) in [4.78, 5) is 55.6. The van der Waals surface area contributed by atoms with Gasteiger partial charge < -0.3 is 33.5 Å². The van der Waals surface area contributed by atoms with Crippen LogP contribution in [-0.2, 0) is 44.3 Å². The Kier molecular flexibility index (Phi) is 18.3. The molecular weight excluding hydrogens is 789 g/mol. The van der Waals surface area contributed by atoms with Crippen molar-refractivity contribution < 1.29 is 42.6 Å². The Balaban J connectivity index is 1.81. The number of amides is 1. The van der Waals surface area contributed by atoms with Crippen molar-refractivity contribution in [1.29, 1.82) is 0 Å². The molecule has 17 heteroatoms. The zero-order valence-electron chi connectivity index (χ0n) is 37.7. The van der Waals surface area contributed by atoms with Gasteiger partial charge in [-0.2, -0.15) is 0 Å². The number of carbonyl (C=O) groups is 3. The van der Waals surface area contributed by atoms with E-state index in [-0.39, 0.29) is 57.6 Å². The number of rotatable bonds is 15. The SMILES string of the molecule is CC[C@H]1OC(=O)[C@H](C)C(CC(=O)Cc2ccccn2)C[C@@H](O[C@@H]2OC(C)CC(N(C)C)C2P=O)[C@](C)(OC)C[C@@H](C)CN(C)[C@H](C)[C@H]2N(CCCCN=[N+]=[N-])C(=O)O[C@]12C. The maximum atomic E-state index is 14.6. The minimum absolute atomic E-state index is 0.0240. The number of azide groups is 1. The van der Waals surface area contributed by atoms with Crippen molar-refractivity contribution in [2.24, 2.45) is 22.9 Å². The first-order valence-corrected chi connectivity index (χ1v) is 22.5. The molecule has 60 heavy (non-hydrogen) atoms. The Morgan fingerprint density at radius 1 is 1.15 bits per heavy atom. The Bertz CT molecular complexity index is 1640. The molecular formula is C43H70N7O9P. The number of nitrogens with zero attached hydrogens (tertiary/aromatic N) is 7. The number of methoxy groups -OCH3 is 1. The minimum Gasteiger partial charge on any atom is -0.458 e. The average molecular weight is 860 g/mol. The van der Waals surface area contributed by atoms with Gasteiger partial charge in [0.05, 0.1) is 29.8 Å². The third-order valence-corrected chi connectivity index (χ3v) is 14.1. The number of unbranched alkanes of at least 4 members (excludes halogenated alkanes) is 1. The molecule has 3 aliphatic rings. The van der Waals surface area contributed by atoms with E-state index in [1.54, 1.807) is 37.3 Å². The van der Waals surface area contributed by atoms with Crippen LogP contribution in [0.2, 0.25) is 0 Å². The van der Waals surface area contributed by atoms with Crippen LogP contribution in [0.1, 0.15) is 99.1 Å². The molecule has 336 valence electrons. The number of aromatic nitrogens is 1. The van der Waals surface area contributed by atoms with Crippen LogP contribution in [0.5, 0.6) is 0 Å². The van der Waals surface area contributed by atoms with Gasteiger partial charge in [0.1, 0.15) is 17.5 Å². The normalized spacial score (nSPS) is 36.1. The minimum atomic E-state index is -1.22. The van der Waals surface area contributed by atoms with E-state index in [4.69, 9.17) is 29.2 Å². The van der Waals surface area contributed by atoms with Gasteiger partial charge >= 0.3 is 12.1 Å². The molecule has 13 atom stereocenters. The number of carbonyl (C=O) groups excluding carboxylic acids is 3. The Morgan fingerprint density at radius 2 is 1.88 bits per heavy atom. The molecule has 0 spiro atoms. The standard InChI is InChI=1S/C43H70N7O9P/c1-12-35-43(7)38(50(41(53)59-43)20-16-15-19-46-47-44)30(5)49(10)26-27(2)25-42(6,55-11)36(58-40-37(60-54)34(48(8)9)21-28(3)56-40)23-31(29(4)39(52)57-35)22-33(51)24-32-17-13-14-18-45-32/h13-14,17-18,27-31,34-38,40H,12,15-16,19-26H2,1-11H3/t27-,28?,29-,30-,31?,34?,35-,36-,37?,38-,40+,42-,43-/m1/s1. The van der Waals surface area contributed by atoms with E-state index in [0.29, 0.717) is 57.4 Å². The fraction of sp³-hybridized carbons (Fsp3) is 0.814. The van der Waals surface area contributed by atoms with E-state index in [0.717, 1.165) is 0 Å². The smallest absolute Gasteiger partial charge is 0.410 e. The monoisotopic (exact) mass is 859 g/mol. The molecule has 0 saturated carbocycles. The largest absolute Gasteiger partial charge is 0.458 e. The number of Topliss-reactive ketones (excluding diaryl/α,β-unsaturated/α-hetero) is 1. The van der Waals surface area contributed by atoms with E-state index in [9.17, 15) is 18.9 Å². The Morgan fingerprint density at radius 3 is 2.50 bits per heavy atom. The van der Waals surface area contributed by atoms with Crippen LogP contribution in [0.25, 0.3) is 10.4 Å². The van der Waals surface area contributed by atoms with Crippen LogP contribution in [0.3, 0.4) is 0 Å². The van der Waals surface area contributed by atoms with Gasteiger partial charge in [0.2, 0.25) is 0 Å². The Labute approximate surface area is 358 Å². The molecule has 0 aromatic carbocycles. The number of hydrogen-bond acceptors (Lipinski definition) is 13. The summed E-state index contributed by atoms with van der Waals surface area (Å²) < 4.78 is 45.6. The highest BCUT2D eigenvalue weighted by molar-refractivity contribution is 7.25. The molecule has 3 saturated heterocycles. The molecule has 0 bridgehead atoms. The van der Waals surface area contributed by atoms with Crippen LogP contribution < -0.4 is 0 Å². The summed E-state index contributed by atoms with van der Waals surface area (Å²) in [5.41, 5.74) is 6.74. The highest BCUT2D eigenvalue weighted by Gasteiger charge is 2.59. The van der Waals surface area contributed by atoms with E-state index in [1.807, 2.05) is 54.9 Å². The lowest BCUT2D eigenvalue weighted by Gasteiger charge is -2.46. The second kappa shape index (κ2) is 22.2. The van der Waals surface area contributed by atoms with Gasteiger partial charge in [-0.3, -0.25) is 24.0 Å². The van der Waals surface area contributed by atoms with Gasteiger partial charge in [-0.25, -0.2) is 4.79 Å². The molecule has 4 rings (SSSR count).